The van der Waals surface area contributed by atoms with Gasteiger partial charge in [-0.2, -0.15) is 0 Å². The molecular formula is C31H33N5O2. The second kappa shape index (κ2) is 10.3. The number of fused-ring (bicyclic) bond motifs is 1. The molecule has 0 atom stereocenters. The predicted octanol–water partition coefficient (Wildman–Crippen LogP) is 4.65. The summed E-state index contributed by atoms with van der Waals surface area (Å²) in [5.74, 6) is -0.275. The van der Waals surface area contributed by atoms with E-state index >= 15 is 0 Å². The maximum absolute atomic E-state index is 13.3. The van der Waals surface area contributed by atoms with E-state index in [-0.39, 0.29) is 17.9 Å². The van der Waals surface area contributed by atoms with Crippen molar-refractivity contribution in [3.63, 3.8) is 0 Å². The molecule has 0 aromatic heterocycles. The van der Waals surface area contributed by atoms with E-state index < -0.39 is 0 Å². The van der Waals surface area contributed by atoms with E-state index in [1.54, 1.807) is 12.1 Å². The van der Waals surface area contributed by atoms with Crippen LogP contribution in [0.15, 0.2) is 72.8 Å². The highest BCUT2D eigenvalue weighted by molar-refractivity contribution is 6.37. The number of amides is 2. The van der Waals surface area contributed by atoms with Crippen LogP contribution in [0.4, 0.5) is 17.1 Å². The van der Waals surface area contributed by atoms with Gasteiger partial charge in [-0.15, -0.1) is 0 Å². The zero-order valence-corrected chi connectivity index (χ0v) is 21.7. The van der Waals surface area contributed by atoms with Crippen molar-refractivity contribution >= 4 is 40.1 Å². The molecule has 1 aliphatic carbocycles. The lowest BCUT2D eigenvalue weighted by Crippen LogP contribution is -2.44. The first kappa shape index (κ1) is 24.2. The fourth-order valence-corrected chi connectivity index (χ4v) is 5.23. The second-order valence-electron chi connectivity index (χ2n) is 10.4. The molecule has 7 heteroatoms. The second-order valence-corrected chi connectivity index (χ2v) is 10.4. The molecule has 194 valence electrons. The van der Waals surface area contributed by atoms with Crippen LogP contribution in [0.1, 0.15) is 40.7 Å². The number of anilines is 3. The minimum atomic E-state index is -0.183. The Labute approximate surface area is 223 Å². The molecular weight excluding hydrogens is 474 g/mol. The lowest BCUT2D eigenvalue weighted by molar-refractivity contribution is -0.110. The van der Waals surface area contributed by atoms with Gasteiger partial charge in [0.05, 0.1) is 11.3 Å². The summed E-state index contributed by atoms with van der Waals surface area (Å²) < 4.78 is 0. The van der Waals surface area contributed by atoms with Crippen LogP contribution >= 0.6 is 0 Å². The molecule has 0 bridgehead atoms. The van der Waals surface area contributed by atoms with Crippen LogP contribution in [0.3, 0.4) is 0 Å². The first-order valence-corrected chi connectivity index (χ1v) is 13.4. The van der Waals surface area contributed by atoms with Crippen LogP contribution in [-0.2, 0) is 4.79 Å². The monoisotopic (exact) mass is 507 g/mol. The van der Waals surface area contributed by atoms with Gasteiger partial charge in [0.15, 0.2) is 0 Å². The summed E-state index contributed by atoms with van der Waals surface area (Å²) in [4.78, 5) is 30.8. The Kier molecular flexibility index (Phi) is 6.60. The molecule has 3 aromatic rings. The summed E-state index contributed by atoms with van der Waals surface area (Å²) in [7, 11) is 2.16. The third-order valence-corrected chi connectivity index (χ3v) is 7.78. The minimum absolute atomic E-state index is 0.0916. The van der Waals surface area contributed by atoms with E-state index in [1.807, 2.05) is 36.4 Å². The van der Waals surface area contributed by atoms with Crippen molar-refractivity contribution in [3.8, 4) is 0 Å². The third kappa shape index (κ3) is 4.89. The smallest absolute Gasteiger partial charge is 0.258 e. The average Bonchev–Trinajstić information content (AvgIpc) is 3.25. The number of carbonyl (C=O) groups is 2. The maximum Gasteiger partial charge on any atom is 0.258 e. The molecule has 2 aliphatic heterocycles. The summed E-state index contributed by atoms with van der Waals surface area (Å²) in [6.07, 6.45) is 3.22. The number of nitrogens with zero attached hydrogens (tertiary/aromatic N) is 2. The van der Waals surface area contributed by atoms with Crippen molar-refractivity contribution in [2.75, 3.05) is 48.8 Å². The standard InChI is InChI=1S/C31H33N5O2/c1-35-16-18-36(19-17-35)25-13-11-24(12-14-25)32-29(21-6-3-2-4-7-21)28-26-15-10-22(20-27(26)34-31(28)38)30(37)33-23-8-5-9-23/h2-4,6-7,10-15,20,23,32H,5,8-9,16-19H2,1H3,(H,33,37)(H,34,38)/b29-28-. The SMILES string of the molecule is CN1CCN(c2ccc(N/C(=C3\C(=O)Nc4cc(C(=O)NC5CCC5)ccc43)c3ccccc3)cc2)CC1. The molecule has 0 spiro atoms. The first-order chi connectivity index (χ1) is 18.5. The van der Waals surface area contributed by atoms with Crippen LogP contribution < -0.4 is 20.9 Å². The van der Waals surface area contributed by atoms with Crippen LogP contribution in [0, 0.1) is 0 Å². The quantitative estimate of drug-likeness (QED) is 0.424. The van der Waals surface area contributed by atoms with Gasteiger partial charge in [0, 0.05) is 60.4 Å². The fraction of sp³-hybridized carbons (Fsp3) is 0.290. The van der Waals surface area contributed by atoms with Gasteiger partial charge in [-0.3, -0.25) is 9.59 Å². The Balaban J connectivity index is 1.31. The Bertz CT molecular complexity index is 1370. The van der Waals surface area contributed by atoms with E-state index in [0.717, 1.165) is 68.0 Å². The van der Waals surface area contributed by atoms with Gasteiger partial charge in [0.2, 0.25) is 0 Å². The lowest BCUT2D eigenvalue weighted by Gasteiger charge is -2.34. The van der Waals surface area contributed by atoms with Crippen LogP contribution in [0.25, 0.3) is 11.3 Å². The molecule has 2 fully saturated rings. The summed E-state index contributed by atoms with van der Waals surface area (Å²) in [6, 6.07) is 24.0. The number of nitrogens with one attached hydrogen (secondary N) is 3. The molecule has 0 radical (unpaired) electrons. The zero-order valence-electron chi connectivity index (χ0n) is 21.7. The number of piperazine rings is 1. The maximum atomic E-state index is 13.3. The van der Waals surface area contributed by atoms with Gasteiger partial charge in [-0.1, -0.05) is 36.4 Å². The number of carbonyl (C=O) groups excluding carboxylic acids is 2. The molecule has 1 saturated heterocycles. The van der Waals surface area contributed by atoms with E-state index in [0.29, 0.717) is 16.8 Å². The Morgan fingerprint density at radius 2 is 1.63 bits per heavy atom. The summed E-state index contributed by atoms with van der Waals surface area (Å²) in [5.41, 5.74) is 6.34. The van der Waals surface area contributed by atoms with Crippen LogP contribution in [0.5, 0.6) is 0 Å². The van der Waals surface area contributed by atoms with Crippen LogP contribution in [0.2, 0.25) is 0 Å². The van der Waals surface area contributed by atoms with Crippen molar-refractivity contribution in [2.24, 2.45) is 0 Å². The van der Waals surface area contributed by atoms with E-state index in [4.69, 9.17) is 0 Å². The minimum Gasteiger partial charge on any atom is -0.369 e. The van der Waals surface area contributed by atoms with Gasteiger partial charge in [-0.25, -0.2) is 0 Å². The van der Waals surface area contributed by atoms with Gasteiger partial charge in [-0.05, 0) is 68.3 Å². The molecule has 38 heavy (non-hydrogen) atoms. The van der Waals surface area contributed by atoms with Crippen molar-refractivity contribution < 1.29 is 9.59 Å². The summed E-state index contributed by atoms with van der Waals surface area (Å²) >= 11 is 0. The molecule has 7 nitrogen and oxygen atoms in total. The van der Waals surface area contributed by atoms with Crippen LogP contribution in [-0.4, -0.2) is 56.0 Å². The van der Waals surface area contributed by atoms with Crippen molar-refractivity contribution in [1.29, 1.82) is 0 Å². The topological polar surface area (TPSA) is 76.7 Å². The highest BCUT2D eigenvalue weighted by Crippen LogP contribution is 2.38. The number of rotatable bonds is 6. The summed E-state index contributed by atoms with van der Waals surface area (Å²) in [6.45, 7) is 4.14. The Morgan fingerprint density at radius 1 is 0.895 bits per heavy atom. The third-order valence-electron chi connectivity index (χ3n) is 7.78. The first-order valence-electron chi connectivity index (χ1n) is 13.4. The normalized spacial score (nSPS) is 18.9. The highest BCUT2D eigenvalue weighted by atomic mass is 16.2. The Hall–Kier alpha value is -4.10. The van der Waals surface area contributed by atoms with Gasteiger partial charge >= 0.3 is 0 Å². The van der Waals surface area contributed by atoms with Gasteiger partial charge in [0.25, 0.3) is 11.8 Å². The predicted molar refractivity (Wildman–Crippen MR) is 153 cm³/mol. The van der Waals surface area contributed by atoms with Crippen molar-refractivity contribution in [3.05, 3.63) is 89.5 Å². The molecule has 3 N–H and O–H groups in total. The number of likely N-dealkylation sites (N-methyl/N-ethyl adjacent to an activating group) is 1. The molecule has 0 unspecified atom stereocenters. The van der Waals surface area contributed by atoms with Gasteiger partial charge < -0.3 is 25.8 Å². The summed E-state index contributed by atoms with van der Waals surface area (Å²) in [5, 5.41) is 9.60. The lowest BCUT2D eigenvalue weighted by atomic mass is 9.93. The number of benzene rings is 3. The fourth-order valence-electron chi connectivity index (χ4n) is 5.23. The number of hydrogen-bond acceptors (Lipinski definition) is 5. The highest BCUT2D eigenvalue weighted by Gasteiger charge is 2.30. The largest absolute Gasteiger partial charge is 0.369 e. The van der Waals surface area contributed by atoms with E-state index in [2.05, 4.69) is 57.1 Å². The molecule has 1 saturated carbocycles. The van der Waals surface area contributed by atoms with Crippen molar-refractivity contribution in [2.45, 2.75) is 25.3 Å². The van der Waals surface area contributed by atoms with E-state index in [9.17, 15) is 9.59 Å². The zero-order chi connectivity index (χ0) is 26.1. The molecule has 3 aromatic carbocycles. The number of hydrogen-bond donors (Lipinski definition) is 3. The molecule has 3 aliphatic rings. The van der Waals surface area contributed by atoms with E-state index in [1.165, 1.54) is 5.69 Å². The Morgan fingerprint density at radius 3 is 2.32 bits per heavy atom. The van der Waals surface area contributed by atoms with Crippen molar-refractivity contribution in [1.82, 2.24) is 10.2 Å². The average molecular weight is 508 g/mol. The molecule has 6 rings (SSSR count). The molecule has 2 amide bonds. The molecule has 2 heterocycles. The van der Waals surface area contributed by atoms with Gasteiger partial charge in [0.1, 0.15) is 0 Å².